The van der Waals surface area contributed by atoms with E-state index in [9.17, 15) is 0 Å². The van der Waals surface area contributed by atoms with Gasteiger partial charge in [0.1, 0.15) is 0 Å². The van der Waals surface area contributed by atoms with Gasteiger partial charge in [0.15, 0.2) is 11.6 Å². The number of allylic oxidation sites excluding steroid dienone is 1. The topological polar surface area (TPSA) is 0 Å². The molecule has 31 heavy (non-hydrogen) atoms. The van der Waals surface area contributed by atoms with Gasteiger partial charge in [-0.2, -0.15) is 0 Å². The third-order valence-corrected chi connectivity index (χ3v) is 9.25. The molecule has 0 N–H and O–H groups in total. The second-order valence-corrected chi connectivity index (χ2v) is 10.9. The van der Waals surface area contributed by atoms with Gasteiger partial charge in [0, 0.05) is 0 Å². The molecule has 0 saturated heterocycles. The molecule has 0 spiro atoms. The van der Waals surface area contributed by atoms with E-state index < -0.39 is 11.6 Å². The van der Waals surface area contributed by atoms with Crippen molar-refractivity contribution in [3.63, 3.8) is 0 Å². The van der Waals surface area contributed by atoms with Gasteiger partial charge in [0.25, 0.3) is 0 Å². The quantitative estimate of drug-likeness (QED) is 0.396. The van der Waals surface area contributed by atoms with Gasteiger partial charge < -0.3 is 0 Å². The molecule has 0 bridgehead atoms. The minimum absolute atomic E-state index is 0.140. The standard InChI is InChI=1S/C29H42F2/c1-3-18-29(19-6-5-7-20-29)26-17-16-25(27(30)28(26)31)24-14-12-23(13-15-24)22-10-8-21(4-2)9-11-22/h4,16-17,21-24H,2-3,5-15,18-20H2,1H3. The van der Waals surface area contributed by atoms with Crippen molar-refractivity contribution in [1.29, 1.82) is 0 Å². The van der Waals surface area contributed by atoms with E-state index in [4.69, 9.17) is 0 Å². The first-order chi connectivity index (χ1) is 15.1. The van der Waals surface area contributed by atoms with Crippen LogP contribution in [0.2, 0.25) is 0 Å². The van der Waals surface area contributed by atoms with Gasteiger partial charge in [-0.15, -0.1) is 6.58 Å². The highest BCUT2D eigenvalue weighted by Crippen LogP contribution is 2.47. The lowest BCUT2D eigenvalue weighted by Gasteiger charge is -2.39. The average Bonchev–Trinajstić information content (AvgIpc) is 2.82. The first kappa shape index (κ1) is 23.0. The predicted octanol–water partition coefficient (Wildman–Crippen LogP) is 9.23. The van der Waals surface area contributed by atoms with Gasteiger partial charge in [0.2, 0.25) is 0 Å². The van der Waals surface area contributed by atoms with Crippen LogP contribution >= 0.6 is 0 Å². The SMILES string of the molecule is C=CC1CCC(C2CCC(c3ccc(C4(CCC)CCCCC4)c(F)c3F)CC2)CC1. The van der Waals surface area contributed by atoms with Gasteiger partial charge in [-0.05, 0) is 111 Å². The lowest BCUT2D eigenvalue weighted by molar-refractivity contribution is 0.170. The fourth-order valence-electron chi connectivity index (χ4n) is 7.40. The zero-order valence-electron chi connectivity index (χ0n) is 19.6. The molecule has 0 atom stereocenters. The molecule has 4 rings (SSSR count). The number of hydrogen-bond acceptors (Lipinski definition) is 0. The summed E-state index contributed by atoms with van der Waals surface area (Å²) in [4.78, 5) is 0. The molecule has 0 nitrogen and oxygen atoms in total. The van der Waals surface area contributed by atoms with E-state index >= 15 is 8.78 Å². The molecule has 172 valence electrons. The number of benzene rings is 1. The van der Waals surface area contributed by atoms with Crippen LogP contribution in [-0.2, 0) is 5.41 Å². The van der Waals surface area contributed by atoms with Crippen molar-refractivity contribution in [1.82, 2.24) is 0 Å². The highest BCUT2D eigenvalue weighted by Gasteiger charge is 2.38. The summed E-state index contributed by atoms with van der Waals surface area (Å²) in [6.45, 7) is 6.13. The van der Waals surface area contributed by atoms with Gasteiger partial charge in [-0.3, -0.25) is 0 Å². The average molecular weight is 429 g/mol. The Morgan fingerprint density at radius 2 is 1.48 bits per heavy atom. The van der Waals surface area contributed by atoms with Gasteiger partial charge in [-0.1, -0.05) is 50.8 Å². The Balaban J connectivity index is 1.44. The van der Waals surface area contributed by atoms with Crippen molar-refractivity contribution in [3.8, 4) is 0 Å². The molecule has 1 aromatic rings. The predicted molar refractivity (Wildman–Crippen MR) is 126 cm³/mol. The maximum Gasteiger partial charge on any atom is 0.162 e. The molecule has 0 aromatic heterocycles. The molecule has 1 aromatic carbocycles. The van der Waals surface area contributed by atoms with E-state index in [1.807, 2.05) is 12.1 Å². The molecule has 0 unspecified atom stereocenters. The van der Waals surface area contributed by atoms with Crippen LogP contribution in [0, 0.1) is 29.4 Å². The largest absolute Gasteiger partial charge is 0.203 e. The Morgan fingerprint density at radius 3 is 2.06 bits per heavy atom. The van der Waals surface area contributed by atoms with Crippen molar-refractivity contribution >= 4 is 0 Å². The highest BCUT2D eigenvalue weighted by molar-refractivity contribution is 5.35. The number of halogens is 2. The smallest absolute Gasteiger partial charge is 0.162 e. The van der Waals surface area contributed by atoms with Crippen LogP contribution in [0.1, 0.15) is 120 Å². The number of rotatable bonds is 6. The van der Waals surface area contributed by atoms with Gasteiger partial charge in [-0.25, -0.2) is 8.78 Å². The summed E-state index contributed by atoms with van der Waals surface area (Å²) in [6.07, 6.45) is 19.3. The van der Waals surface area contributed by atoms with Crippen molar-refractivity contribution in [2.75, 3.05) is 0 Å². The van der Waals surface area contributed by atoms with Crippen molar-refractivity contribution < 1.29 is 8.78 Å². The van der Waals surface area contributed by atoms with Gasteiger partial charge in [0.05, 0.1) is 0 Å². The monoisotopic (exact) mass is 428 g/mol. The molecule has 0 heterocycles. The Hall–Kier alpha value is -1.18. The summed E-state index contributed by atoms with van der Waals surface area (Å²) in [5, 5.41) is 0. The minimum Gasteiger partial charge on any atom is -0.203 e. The fraction of sp³-hybridized carbons (Fsp3) is 0.724. The van der Waals surface area contributed by atoms with Crippen LogP contribution in [0.15, 0.2) is 24.8 Å². The number of hydrogen-bond donors (Lipinski definition) is 0. The van der Waals surface area contributed by atoms with E-state index in [1.54, 1.807) is 0 Å². The second-order valence-electron chi connectivity index (χ2n) is 10.9. The summed E-state index contributed by atoms with van der Waals surface area (Å²) >= 11 is 0. The Kier molecular flexibility index (Phi) is 7.55. The molecular weight excluding hydrogens is 386 g/mol. The summed E-state index contributed by atoms with van der Waals surface area (Å²) in [6, 6.07) is 3.93. The summed E-state index contributed by atoms with van der Waals surface area (Å²) in [5.74, 6) is 1.46. The van der Waals surface area contributed by atoms with E-state index in [0.717, 1.165) is 63.2 Å². The highest BCUT2D eigenvalue weighted by atomic mass is 19.2. The maximum absolute atomic E-state index is 15.4. The summed E-state index contributed by atoms with van der Waals surface area (Å²) < 4.78 is 30.8. The fourth-order valence-corrected chi connectivity index (χ4v) is 7.40. The van der Waals surface area contributed by atoms with Gasteiger partial charge >= 0.3 is 0 Å². The molecule has 3 fully saturated rings. The van der Waals surface area contributed by atoms with Crippen LogP contribution in [0.25, 0.3) is 0 Å². The zero-order valence-corrected chi connectivity index (χ0v) is 19.6. The second kappa shape index (κ2) is 10.2. The Morgan fingerprint density at radius 1 is 0.871 bits per heavy atom. The first-order valence-corrected chi connectivity index (χ1v) is 13.2. The van der Waals surface area contributed by atoms with E-state index in [2.05, 4.69) is 19.6 Å². The third-order valence-electron chi connectivity index (χ3n) is 9.25. The van der Waals surface area contributed by atoms with Crippen molar-refractivity contribution in [2.24, 2.45) is 17.8 Å². The molecule has 2 heteroatoms. The molecule has 3 saturated carbocycles. The maximum atomic E-state index is 15.4. The third kappa shape index (κ3) is 4.79. The summed E-state index contributed by atoms with van der Waals surface area (Å²) in [5.41, 5.74) is 1.18. The summed E-state index contributed by atoms with van der Waals surface area (Å²) in [7, 11) is 0. The van der Waals surface area contributed by atoms with Crippen molar-refractivity contribution in [2.45, 2.75) is 115 Å². The van der Waals surface area contributed by atoms with Crippen molar-refractivity contribution in [3.05, 3.63) is 47.5 Å². The van der Waals surface area contributed by atoms with Crippen LogP contribution in [-0.4, -0.2) is 0 Å². The Bertz CT molecular complexity index is 724. The van der Waals surface area contributed by atoms with Crippen LogP contribution in [0.3, 0.4) is 0 Å². The minimum atomic E-state index is -0.534. The molecule has 3 aliphatic rings. The first-order valence-electron chi connectivity index (χ1n) is 13.2. The molecule has 3 aliphatic carbocycles. The van der Waals surface area contributed by atoms with E-state index in [1.165, 1.54) is 44.9 Å². The van der Waals surface area contributed by atoms with E-state index in [-0.39, 0.29) is 11.3 Å². The van der Waals surface area contributed by atoms with Crippen LogP contribution in [0.4, 0.5) is 8.78 Å². The van der Waals surface area contributed by atoms with E-state index in [0.29, 0.717) is 17.0 Å². The molecule has 0 amide bonds. The normalized spacial score (nSPS) is 31.3. The lowest BCUT2D eigenvalue weighted by atomic mass is 9.66. The van der Waals surface area contributed by atoms with Crippen LogP contribution < -0.4 is 0 Å². The molecule has 0 radical (unpaired) electrons. The molecule has 0 aliphatic heterocycles. The molecular formula is C29H42F2. The van der Waals surface area contributed by atoms with Crippen LogP contribution in [0.5, 0.6) is 0 Å². The Labute approximate surface area is 188 Å². The lowest BCUT2D eigenvalue weighted by Crippen LogP contribution is -2.31. The zero-order chi connectivity index (χ0) is 21.8.